The van der Waals surface area contributed by atoms with Crippen LogP contribution in [-0.2, 0) is 6.42 Å². The van der Waals surface area contributed by atoms with Gasteiger partial charge in [-0.3, -0.25) is 0 Å². The number of methoxy groups -OCH3 is 1. The fourth-order valence-electron chi connectivity index (χ4n) is 2.57. The maximum Gasteiger partial charge on any atom is 0.125 e. The minimum absolute atomic E-state index is 0.211. The molecule has 0 radical (unpaired) electrons. The van der Waals surface area contributed by atoms with E-state index in [4.69, 9.17) is 16.3 Å². The van der Waals surface area contributed by atoms with E-state index in [9.17, 15) is 0 Å². The smallest absolute Gasteiger partial charge is 0.125 e. The minimum atomic E-state index is 0.211. The average Bonchev–Trinajstić information content (AvgIpc) is 2.49. The van der Waals surface area contributed by atoms with Gasteiger partial charge in [0, 0.05) is 16.6 Å². The summed E-state index contributed by atoms with van der Waals surface area (Å²) in [5.74, 6) is 0.835. The van der Waals surface area contributed by atoms with Gasteiger partial charge in [-0.05, 0) is 43.1 Å². The van der Waals surface area contributed by atoms with Crippen molar-refractivity contribution in [2.75, 3.05) is 13.7 Å². The van der Waals surface area contributed by atoms with Crippen molar-refractivity contribution in [1.82, 2.24) is 5.32 Å². The van der Waals surface area contributed by atoms with Gasteiger partial charge in [-0.15, -0.1) is 0 Å². The zero-order valence-corrected chi connectivity index (χ0v) is 13.6. The summed E-state index contributed by atoms with van der Waals surface area (Å²) in [5.41, 5.74) is 3.81. The van der Waals surface area contributed by atoms with Crippen LogP contribution in [0.3, 0.4) is 0 Å². The number of nitrogens with one attached hydrogen (secondary N) is 1. The Kier molecular flexibility index (Phi) is 5.66. The number of likely N-dealkylation sites (N-methyl/N-ethyl adjacent to an activating group) is 1. The van der Waals surface area contributed by atoms with Crippen LogP contribution in [0.5, 0.6) is 5.75 Å². The Morgan fingerprint density at radius 3 is 2.62 bits per heavy atom. The van der Waals surface area contributed by atoms with Crippen molar-refractivity contribution < 1.29 is 4.74 Å². The minimum Gasteiger partial charge on any atom is -0.496 e. The van der Waals surface area contributed by atoms with Gasteiger partial charge in [0.2, 0.25) is 0 Å². The lowest BCUT2D eigenvalue weighted by molar-refractivity contribution is 0.399. The molecule has 3 heteroatoms. The van der Waals surface area contributed by atoms with Gasteiger partial charge in [0.1, 0.15) is 5.75 Å². The summed E-state index contributed by atoms with van der Waals surface area (Å²) < 4.78 is 5.50. The topological polar surface area (TPSA) is 21.3 Å². The van der Waals surface area contributed by atoms with Crippen LogP contribution in [0.2, 0.25) is 5.02 Å². The maximum atomic E-state index is 6.06. The Labute approximate surface area is 132 Å². The fourth-order valence-corrected chi connectivity index (χ4v) is 2.73. The van der Waals surface area contributed by atoms with Crippen molar-refractivity contribution in [3.63, 3.8) is 0 Å². The molecule has 0 fully saturated rings. The van der Waals surface area contributed by atoms with Crippen molar-refractivity contribution in [2.45, 2.75) is 26.3 Å². The molecule has 2 aromatic carbocycles. The SMILES string of the molecule is CCNC(Cc1ccccc1C)c1ccc(Cl)cc1OC. The van der Waals surface area contributed by atoms with Gasteiger partial charge in [-0.2, -0.15) is 0 Å². The number of aryl methyl sites for hydroxylation is 1. The highest BCUT2D eigenvalue weighted by atomic mass is 35.5. The molecule has 0 saturated carbocycles. The van der Waals surface area contributed by atoms with Gasteiger partial charge in [-0.1, -0.05) is 48.9 Å². The van der Waals surface area contributed by atoms with E-state index in [0.29, 0.717) is 5.02 Å². The second-order valence-electron chi connectivity index (χ2n) is 5.13. The molecule has 1 N–H and O–H groups in total. The number of hydrogen-bond donors (Lipinski definition) is 1. The van der Waals surface area contributed by atoms with E-state index < -0.39 is 0 Å². The summed E-state index contributed by atoms with van der Waals surface area (Å²) in [5, 5.41) is 4.24. The Hall–Kier alpha value is -1.51. The lowest BCUT2D eigenvalue weighted by Crippen LogP contribution is -2.23. The Morgan fingerprint density at radius 2 is 1.95 bits per heavy atom. The van der Waals surface area contributed by atoms with E-state index in [-0.39, 0.29) is 6.04 Å². The third-order valence-electron chi connectivity index (χ3n) is 3.71. The molecule has 0 aliphatic carbocycles. The molecule has 0 bridgehead atoms. The predicted octanol–water partition coefficient (Wildman–Crippen LogP) is 4.55. The second kappa shape index (κ2) is 7.48. The highest BCUT2D eigenvalue weighted by Gasteiger charge is 2.17. The second-order valence-corrected chi connectivity index (χ2v) is 5.56. The van der Waals surface area contributed by atoms with Crippen molar-refractivity contribution in [2.24, 2.45) is 0 Å². The van der Waals surface area contributed by atoms with Gasteiger partial charge in [0.15, 0.2) is 0 Å². The van der Waals surface area contributed by atoms with E-state index in [0.717, 1.165) is 24.3 Å². The van der Waals surface area contributed by atoms with E-state index in [1.54, 1.807) is 7.11 Å². The lowest BCUT2D eigenvalue weighted by Gasteiger charge is -2.22. The molecule has 0 amide bonds. The first-order chi connectivity index (χ1) is 10.2. The zero-order valence-electron chi connectivity index (χ0n) is 12.8. The highest BCUT2D eigenvalue weighted by Crippen LogP contribution is 2.30. The number of benzene rings is 2. The van der Waals surface area contributed by atoms with Crippen molar-refractivity contribution in [3.8, 4) is 5.75 Å². The van der Waals surface area contributed by atoms with Gasteiger partial charge in [0.25, 0.3) is 0 Å². The summed E-state index contributed by atoms with van der Waals surface area (Å²) in [4.78, 5) is 0. The molecule has 1 unspecified atom stereocenters. The van der Waals surface area contributed by atoms with E-state index in [2.05, 4.69) is 43.4 Å². The van der Waals surface area contributed by atoms with Crippen LogP contribution < -0.4 is 10.1 Å². The molecule has 2 rings (SSSR count). The monoisotopic (exact) mass is 303 g/mol. The summed E-state index contributed by atoms with van der Waals surface area (Å²) in [6.45, 7) is 5.17. The van der Waals surface area contributed by atoms with Crippen LogP contribution in [0.15, 0.2) is 42.5 Å². The molecule has 0 saturated heterocycles. The predicted molar refractivity (Wildman–Crippen MR) is 89.3 cm³/mol. The van der Waals surface area contributed by atoms with E-state index >= 15 is 0 Å². The molecule has 21 heavy (non-hydrogen) atoms. The first-order valence-electron chi connectivity index (χ1n) is 7.27. The van der Waals surface area contributed by atoms with Crippen LogP contribution in [0, 0.1) is 6.92 Å². The first kappa shape index (κ1) is 15.9. The van der Waals surface area contributed by atoms with Gasteiger partial charge in [-0.25, -0.2) is 0 Å². The van der Waals surface area contributed by atoms with Crippen LogP contribution >= 0.6 is 11.6 Å². The average molecular weight is 304 g/mol. The molecule has 2 nitrogen and oxygen atoms in total. The quantitative estimate of drug-likeness (QED) is 0.845. The zero-order chi connectivity index (χ0) is 15.2. The summed E-state index contributed by atoms with van der Waals surface area (Å²) in [7, 11) is 1.69. The van der Waals surface area contributed by atoms with Crippen molar-refractivity contribution >= 4 is 11.6 Å². The van der Waals surface area contributed by atoms with E-state index in [1.807, 2.05) is 18.2 Å². The molecule has 1 atom stereocenters. The van der Waals surface area contributed by atoms with Crippen molar-refractivity contribution in [1.29, 1.82) is 0 Å². The Bertz CT molecular complexity index is 598. The molecule has 0 aromatic heterocycles. The number of ether oxygens (including phenoxy) is 1. The maximum absolute atomic E-state index is 6.06. The third-order valence-corrected chi connectivity index (χ3v) is 3.94. The van der Waals surface area contributed by atoms with Gasteiger partial charge < -0.3 is 10.1 Å². The van der Waals surface area contributed by atoms with Gasteiger partial charge in [0.05, 0.1) is 7.11 Å². The third kappa shape index (κ3) is 3.99. The molecule has 2 aromatic rings. The first-order valence-corrected chi connectivity index (χ1v) is 7.64. The number of halogens is 1. The number of rotatable bonds is 6. The molecular formula is C18H22ClNO. The number of hydrogen-bond acceptors (Lipinski definition) is 2. The van der Waals surface area contributed by atoms with E-state index in [1.165, 1.54) is 11.1 Å². The molecular weight excluding hydrogens is 282 g/mol. The van der Waals surface area contributed by atoms with Crippen molar-refractivity contribution in [3.05, 3.63) is 64.2 Å². The summed E-state index contributed by atoms with van der Waals surface area (Å²) in [6, 6.07) is 14.5. The van der Waals surface area contributed by atoms with Crippen LogP contribution in [0.4, 0.5) is 0 Å². The fraction of sp³-hybridized carbons (Fsp3) is 0.333. The largest absolute Gasteiger partial charge is 0.496 e. The standard InChI is InChI=1S/C18H22ClNO/c1-4-20-17(11-14-8-6-5-7-13(14)2)16-10-9-15(19)12-18(16)21-3/h5-10,12,17,20H,4,11H2,1-3H3. The summed E-state index contributed by atoms with van der Waals surface area (Å²) >= 11 is 6.06. The van der Waals surface area contributed by atoms with Gasteiger partial charge >= 0.3 is 0 Å². The Balaban J connectivity index is 2.33. The molecule has 0 spiro atoms. The molecule has 0 aliphatic heterocycles. The van der Waals surface area contributed by atoms with Crippen LogP contribution in [0.1, 0.15) is 29.7 Å². The Morgan fingerprint density at radius 1 is 1.19 bits per heavy atom. The molecule has 0 aliphatic rings. The molecule has 0 heterocycles. The highest BCUT2D eigenvalue weighted by molar-refractivity contribution is 6.30. The molecule has 112 valence electrons. The van der Waals surface area contributed by atoms with Crippen LogP contribution in [0.25, 0.3) is 0 Å². The normalized spacial score (nSPS) is 12.2. The van der Waals surface area contributed by atoms with Crippen LogP contribution in [-0.4, -0.2) is 13.7 Å². The summed E-state index contributed by atoms with van der Waals surface area (Å²) in [6.07, 6.45) is 0.929. The lowest BCUT2D eigenvalue weighted by atomic mass is 9.95.